The highest BCUT2D eigenvalue weighted by atomic mass is 35.5. The third-order valence-corrected chi connectivity index (χ3v) is 7.39. The molecule has 1 N–H and O–H groups in total. The first kappa shape index (κ1) is 23.9. The predicted molar refractivity (Wildman–Crippen MR) is 136 cm³/mol. The van der Waals surface area contributed by atoms with E-state index in [9.17, 15) is 14.3 Å². The average Bonchev–Trinajstić information content (AvgIpc) is 2.79. The van der Waals surface area contributed by atoms with Crippen LogP contribution in [0.2, 0.25) is 5.02 Å². The van der Waals surface area contributed by atoms with Crippen molar-refractivity contribution >= 4 is 28.3 Å². The Kier molecular flexibility index (Phi) is 6.13. The second-order valence-corrected chi connectivity index (χ2v) is 10.5. The average molecular weight is 501 g/mol. The molecule has 5 rings (SSSR count). The molecule has 1 fully saturated rings. The van der Waals surface area contributed by atoms with Gasteiger partial charge < -0.3 is 19.6 Å². The van der Waals surface area contributed by atoms with Crippen molar-refractivity contribution in [1.82, 2.24) is 14.5 Å². The van der Waals surface area contributed by atoms with Crippen LogP contribution in [-0.2, 0) is 0 Å². The Labute approximate surface area is 208 Å². The summed E-state index contributed by atoms with van der Waals surface area (Å²) in [6.07, 6.45) is 2.11. The minimum Gasteiger partial charge on any atom is -0.507 e. The van der Waals surface area contributed by atoms with Gasteiger partial charge in [-0.25, -0.2) is 9.18 Å². The van der Waals surface area contributed by atoms with Crippen molar-refractivity contribution in [2.75, 3.05) is 38.7 Å². The summed E-state index contributed by atoms with van der Waals surface area (Å²) < 4.78 is 22.9. The number of ether oxygens (including phenoxy) is 1. The highest BCUT2D eigenvalue weighted by Gasteiger charge is 2.34. The van der Waals surface area contributed by atoms with Gasteiger partial charge in [0.2, 0.25) is 0 Å². The monoisotopic (exact) mass is 500 g/mol. The third-order valence-electron chi connectivity index (χ3n) is 7.09. The van der Waals surface area contributed by atoms with E-state index in [1.54, 1.807) is 10.6 Å². The molecule has 186 valence electrons. The van der Waals surface area contributed by atoms with Gasteiger partial charge in [0.15, 0.2) is 5.75 Å². The lowest BCUT2D eigenvalue weighted by molar-refractivity contribution is 0.198. The Morgan fingerprint density at radius 2 is 2.03 bits per heavy atom. The number of phenols is 1. The van der Waals surface area contributed by atoms with Gasteiger partial charge in [-0.1, -0.05) is 24.6 Å². The minimum absolute atomic E-state index is 0.0437. The number of halogens is 2. The maximum atomic E-state index is 15.0. The van der Waals surface area contributed by atoms with E-state index in [2.05, 4.69) is 23.7 Å². The molecule has 3 aromatic rings. The van der Waals surface area contributed by atoms with E-state index in [0.717, 1.165) is 19.4 Å². The number of rotatable bonds is 4. The van der Waals surface area contributed by atoms with E-state index in [4.69, 9.17) is 16.3 Å². The van der Waals surface area contributed by atoms with Gasteiger partial charge in [0.05, 0.1) is 27.7 Å². The highest BCUT2D eigenvalue weighted by Crippen LogP contribution is 2.49. The summed E-state index contributed by atoms with van der Waals surface area (Å²) in [5, 5.41) is 11.5. The lowest BCUT2D eigenvalue weighted by Gasteiger charge is -2.39. The van der Waals surface area contributed by atoms with E-state index in [-0.39, 0.29) is 46.3 Å². The van der Waals surface area contributed by atoms with Crippen molar-refractivity contribution in [2.24, 2.45) is 5.92 Å². The van der Waals surface area contributed by atoms with Crippen LogP contribution in [-0.4, -0.2) is 59.4 Å². The molecule has 0 unspecified atom stereocenters. The number of aromatic hydroxyl groups is 1. The third kappa shape index (κ3) is 4.02. The lowest BCUT2D eigenvalue weighted by Crippen LogP contribution is -2.44. The van der Waals surface area contributed by atoms with Crippen molar-refractivity contribution in [1.29, 1.82) is 0 Å². The standard InChI is InChI=1S/C26H30ClFN4O3/c1-14-8-9-15(2)31(11-14)25-17-10-18(27)21(22-19(28)6-5-7-20(22)33)24-23(17)32(26(34)29-25)16(13-35-24)12-30(3)4/h5-7,10,14-16,33H,8-9,11-13H2,1-4H3/t14-,15-,16-/m0/s1. The first-order valence-corrected chi connectivity index (χ1v) is 12.4. The van der Waals surface area contributed by atoms with Crippen LogP contribution < -0.4 is 15.3 Å². The van der Waals surface area contributed by atoms with Gasteiger partial charge in [0.1, 0.15) is 24.0 Å². The molecular formula is C26H30ClFN4O3. The number of anilines is 1. The molecule has 0 aliphatic carbocycles. The molecule has 1 saturated heterocycles. The molecule has 0 spiro atoms. The van der Waals surface area contributed by atoms with E-state index < -0.39 is 5.82 Å². The van der Waals surface area contributed by atoms with Crippen LogP contribution in [0, 0.1) is 11.7 Å². The van der Waals surface area contributed by atoms with Crippen LogP contribution in [0.5, 0.6) is 11.5 Å². The van der Waals surface area contributed by atoms with E-state index in [1.807, 2.05) is 19.0 Å². The summed E-state index contributed by atoms with van der Waals surface area (Å²) >= 11 is 6.78. The number of likely N-dealkylation sites (N-methyl/N-ethyl adjacent to an activating group) is 1. The molecule has 35 heavy (non-hydrogen) atoms. The maximum absolute atomic E-state index is 15.0. The second-order valence-electron chi connectivity index (χ2n) is 10.1. The maximum Gasteiger partial charge on any atom is 0.350 e. The van der Waals surface area contributed by atoms with Gasteiger partial charge in [-0.05, 0) is 58.0 Å². The molecule has 7 nitrogen and oxygen atoms in total. The molecule has 0 radical (unpaired) electrons. The molecule has 2 aromatic carbocycles. The molecular weight excluding hydrogens is 471 g/mol. The van der Waals surface area contributed by atoms with Crippen molar-refractivity contribution in [3.8, 4) is 22.6 Å². The molecule has 0 amide bonds. The van der Waals surface area contributed by atoms with E-state index >= 15 is 0 Å². The molecule has 1 aromatic heterocycles. The van der Waals surface area contributed by atoms with Gasteiger partial charge >= 0.3 is 5.69 Å². The number of piperidine rings is 1. The largest absolute Gasteiger partial charge is 0.507 e. The first-order valence-electron chi connectivity index (χ1n) is 12.0. The zero-order valence-electron chi connectivity index (χ0n) is 20.4. The number of hydrogen-bond acceptors (Lipinski definition) is 6. The summed E-state index contributed by atoms with van der Waals surface area (Å²) in [6.45, 7) is 5.86. The van der Waals surface area contributed by atoms with Crippen molar-refractivity contribution in [2.45, 2.75) is 38.8 Å². The fourth-order valence-electron chi connectivity index (χ4n) is 5.41. The lowest BCUT2D eigenvalue weighted by atomic mass is 9.94. The quantitative estimate of drug-likeness (QED) is 0.561. The molecule has 0 bridgehead atoms. The molecule has 3 heterocycles. The van der Waals surface area contributed by atoms with E-state index in [1.165, 1.54) is 18.2 Å². The fraction of sp³-hybridized carbons (Fsp3) is 0.462. The molecule has 2 aliphatic rings. The SMILES string of the molecule is C[C@H]1CC[C@H](C)N(c2nc(=O)n3c4c(c(-c5c(O)cccc5F)c(Cl)cc24)OC[C@@H]3CN(C)C)C1. The predicted octanol–water partition coefficient (Wildman–Crippen LogP) is 4.68. The van der Waals surface area contributed by atoms with Crippen LogP contribution in [0.25, 0.3) is 22.0 Å². The number of nitrogens with zero attached hydrogens (tertiary/aromatic N) is 4. The van der Waals surface area contributed by atoms with Gasteiger partial charge in [0, 0.05) is 24.5 Å². The van der Waals surface area contributed by atoms with Gasteiger partial charge in [-0.15, -0.1) is 0 Å². The Bertz CT molecular complexity index is 1340. The van der Waals surface area contributed by atoms with Crippen LogP contribution in [0.1, 0.15) is 32.7 Å². The van der Waals surface area contributed by atoms with Crippen LogP contribution >= 0.6 is 11.6 Å². The normalized spacial score (nSPS) is 22.0. The van der Waals surface area contributed by atoms with Gasteiger partial charge in [-0.3, -0.25) is 4.57 Å². The van der Waals surface area contributed by atoms with Crippen molar-refractivity contribution in [3.63, 3.8) is 0 Å². The molecule has 9 heteroatoms. The fourth-order valence-corrected chi connectivity index (χ4v) is 5.70. The van der Waals surface area contributed by atoms with Crippen LogP contribution in [0.4, 0.5) is 10.2 Å². The number of aromatic nitrogens is 2. The van der Waals surface area contributed by atoms with Crippen molar-refractivity contribution < 1.29 is 14.2 Å². The van der Waals surface area contributed by atoms with Crippen molar-refractivity contribution in [3.05, 3.63) is 45.6 Å². The van der Waals surface area contributed by atoms with Crippen LogP contribution in [0.15, 0.2) is 29.1 Å². The minimum atomic E-state index is -0.622. The first-order chi connectivity index (χ1) is 16.7. The topological polar surface area (TPSA) is 70.8 Å². The summed E-state index contributed by atoms with van der Waals surface area (Å²) in [5.74, 6) is 0.454. The zero-order valence-corrected chi connectivity index (χ0v) is 21.1. The zero-order chi connectivity index (χ0) is 25.0. The second kappa shape index (κ2) is 8.99. The molecule has 2 aliphatic heterocycles. The van der Waals surface area contributed by atoms with Gasteiger partial charge in [0.25, 0.3) is 0 Å². The number of hydrogen-bond donors (Lipinski definition) is 1. The smallest absolute Gasteiger partial charge is 0.350 e. The Balaban J connectivity index is 1.86. The number of benzene rings is 2. The van der Waals surface area contributed by atoms with E-state index in [0.29, 0.717) is 34.9 Å². The molecule has 3 atom stereocenters. The molecule has 0 saturated carbocycles. The summed E-state index contributed by atoms with van der Waals surface area (Å²) in [6, 6.07) is 5.76. The summed E-state index contributed by atoms with van der Waals surface area (Å²) in [4.78, 5) is 22.3. The van der Waals surface area contributed by atoms with Crippen LogP contribution in [0.3, 0.4) is 0 Å². The Hall–Kier alpha value is -2.84. The van der Waals surface area contributed by atoms with Gasteiger partial charge in [-0.2, -0.15) is 4.98 Å². The highest BCUT2D eigenvalue weighted by molar-refractivity contribution is 6.35. The summed E-state index contributed by atoms with van der Waals surface area (Å²) in [7, 11) is 3.86. The Morgan fingerprint density at radius 1 is 1.26 bits per heavy atom. The summed E-state index contributed by atoms with van der Waals surface area (Å²) in [5.41, 5.74) is 0.354. The Morgan fingerprint density at radius 3 is 2.74 bits per heavy atom. The number of phenolic OH excluding ortho intramolecular Hbond substituents is 1.